The van der Waals surface area contributed by atoms with Crippen LogP contribution in [0.15, 0.2) is 48.6 Å². The smallest absolute Gasteiger partial charge is 0.472 e. The molecule has 0 aliphatic rings. The van der Waals surface area contributed by atoms with Crippen LogP contribution in [0.2, 0.25) is 0 Å². The number of nitrogens with two attached hydrogens (primary N) is 1. The third-order valence-corrected chi connectivity index (χ3v) is 10.6. The Kier molecular flexibility index (Phi) is 40.5. The van der Waals surface area contributed by atoms with Gasteiger partial charge >= 0.3 is 19.8 Å². The number of carbonyl (C=O) groups is 2. The van der Waals surface area contributed by atoms with E-state index in [-0.39, 0.29) is 13.0 Å². The second-order valence-electron chi connectivity index (χ2n) is 15.2. The van der Waals surface area contributed by atoms with Crippen LogP contribution in [0, 0.1) is 0 Å². The van der Waals surface area contributed by atoms with Gasteiger partial charge in [-0.25, -0.2) is 4.57 Å². The van der Waals surface area contributed by atoms with Gasteiger partial charge in [0, 0.05) is 13.0 Å². The molecule has 0 saturated carbocycles. The lowest BCUT2D eigenvalue weighted by molar-refractivity contribution is -0.154. The highest BCUT2D eigenvalue weighted by atomic mass is 31.2. The van der Waals surface area contributed by atoms with Gasteiger partial charge in [-0.1, -0.05) is 184 Å². The zero-order chi connectivity index (χ0) is 41.9. The lowest BCUT2D eigenvalue weighted by Crippen LogP contribution is -2.34. The van der Waals surface area contributed by atoms with E-state index in [1.807, 2.05) is 0 Å². The van der Waals surface area contributed by atoms with Crippen molar-refractivity contribution in [3.63, 3.8) is 0 Å². The molecule has 0 aromatic heterocycles. The normalized spacial score (nSPS) is 14.3. The maximum atomic E-state index is 12.6. The number of hydrogen-bond donors (Lipinski definition) is 3. The largest absolute Gasteiger partial charge is 0.480 e. The summed E-state index contributed by atoms with van der Waals surface area (Å²) >= 11 is 0. The molecule has 3 unspecified atom stereocenters. The molecule has 0 spiro atoms. The van der Waals surface area contributed by atoms with E-state index in [0.29, 0.717) is 13.0 Å². The average Bonchev–Trinajstić information content (AvgIpc) is 3.19. The Labute approximate surface area is 348 Å². The van der Waals surface area contributed by atoms with Crippen molar-refractivity contribution in [1.82, 2.24) is 0 Å². The second kappa shape index (κ2) is 42.1. The van der Waals surface area contributed by atoms with Gasteiger partial charge in [-0.05, 0) is 51.4 Å². The van der Waals surface area contributed by atoms with Crippen LogP contribution in [0.3, 0.4) is 0 Å². The molecule has 0 aromatic rings. The highest BCUT2D eigenvalue weighted by molar-refractivity contribution is 7.47. The number of phosphoric acid groups is 1. The lowest BCUT2D eigenvalue weighted by atomic mass is 10.1. The van der Waals surface area contributed by atoms with Gasteiger partial charge in [0.25, 0.3) is 0 Å². The molecule has 3 atom stereocenters. The number of phosphoric ester groups is 1. The summed E-state index contributed by atoms with van der Waals surface area (Å²) in [4.78, 5) is 33.5. The Morgan fingerprint density at radius 2 is 1.02 bits per heavy atom. The van der Waals surface area contributed by atoms with Crippen molar-refractivity contribution in [2.75, 3.05) is 26.4 Å². The van der Waals surface area contributed by atoms with E-state index in [2.05, 4.69) is 62.5 Å². The standard InChI is InChI=1S/C46H84NO9P/c1-3-5-7-9-11-13-15-16-17-18-19-20-21-22-23-24-25-26-27-29-31-33-35-37-39-53-40-43(41-54-57(51,52)55-42-44(47)46(49)50)56-45(48)38-36-34-32-30-28-14-12-10-8-6-4-2/h5,7,11,13,16-17,19-20,43-44H,3-4,6,8-10,12,14-15,18,21-42,47H2,1-2H3,(H,49,50)(H,51,52)/b7-5-,13-11-,17-16-,20-19-. The molecule has 11 heteroatoms. The summed E-state index contributed by atoms with van der Waals surface area (Å²) < 4.78 is 33.3. The number of allylic oxidation sites excluding steroid dienone is 8. The number of aliphatic carboxylic acids is 1. The van der Waals surface area contributed by atoms with Gasteiger partial charge in [0.15, 0.2) is 0 Å². The number of carbonyl (C=O) groups excluding carboxylic acids is 1. The summed E-state index contributed by atoms with van der Waals surface area (Å²) in [5.41, 5.74) is 5.35. The molecular weight excluding hydrogens is 741 g/mol. The molecule has 57 heavy (non-hydrogen) atoms. The quantitative estimate of drug-likeness (QED) is 0.0234. The predicted molar refractivity (Wildman–Crippen MR) is 235 cm³/mol. The van der Waals surface area contributed by atoms with Gasteiger partial charge in [-0.2, -0.15) is 0 Å². The average molecular weight is 826 g/mol. The topological polar surface area (TPSA) is 155 Å². The monoisotopic (exact) mass is 826 g/mol. The Morgan fingerprint density at radius 1 is 0.579 bits per heavy atom. The van der Waals surface area contributed by atoms with Crippen LogP contribution in [-0.4, -0.2) is 60.5 Å². The van der Waals surface area contributed by atoms with Crippen LogP contribution in [0.25, 0.3) is 0 Å². The molecular formula is C46H84NO9P. The summed E-state index contributed by atoms with van der Waals surface area (Å²) in [6.07, 6.45) is 48.8. The number of carboxylic acids is 1. The minimum atomic E-state index is -4.61. The zero-order valence-corrected chi connectivity index (χ0v) is 37.1. The maximum absolute atomic E-state index is 12.6. The van der Waals surface area contributed by atoms with Crippen molar-refractivity contribution in [2.24, 2.45) is 5.73 Å². The van der Waals surface area contributed by atoms with E-state index in [1.54, 1.807) is 0 Å². The molecule has 0 bridgehead atoms. The van der Waals surface area contributed by atoms with Crippen LogP contribution >= 0.6 is 7.82 Å². The number of carboxylic acid groups (broad SMARTS) is 1. The minimum Gasteiger partial charge on any atom is -0.480 e. The van der Waals surface area contributed by atoms with Crippen molar-refractivity contribution >= 4 is 19.8 Å². The lowest BCUT2D eigenvalue weighted by Gasteiger charge is -2.20. The Morgan fingerprint density at radius 3 is 1.53 bits per heavy atom. The third-order valence-electron chi connectivity index (χ3n) is 9.62. The van der Waals surface area contributed by atoms with E-state index in [9.17, 15) is 19.0 Å². The van der Waals surface area contributed by atoms with E-state index >= 15 is 0 Å². The molecule has 0 aliphatic carbocycles. The van der Waals surface area contributed by atoms with E-state index in [4.69, 9.17) is 29.4 Å². The summed E-state index contributed by atoms with van der Waals surface area (Å²) in [5, 5.41) is 8.89. The van der Waals surface area contributed by atoms with Crippen LogP contribution in [0.5, 0.6) is 0 Å². The van der Waals surface area contributed by atoms with Crippen LogP contribution in [0.4, 0.5) is 0 Å². The van der Waals surface area contributed by atoms with Gasteiger partial charge in [0.1, 0.15) is 12.1 Å². The molecule has 0 heterocycles. The van der Waals surface area contributed by atoms with Crippen LogP contribution in [-0.2, 0) is 32.7 Å². The Bertz CT molecular complexity index is 1090. The molecule has 0 saturated heterocycles. The van der Waals surface area contributed by atoms with Gasteiger partial charge < -0.3 is 25.2 Å². The molecule has 332 valence electrons. The first-order valence-electron chi connectivity index (χ1n) is 22.7. The molecule has 10 nitrogen and oxygen atoms in total. The van der Waals surface area contributed by atoms with Crippen molar-refractivity contribution < 1.29 is 42.7 Å². The summed E-state index contributed by atoms with van der Waals surface area (Å²) in [7, 11) is -4.61. The van der Waals surface area contributed by atoms with Gasteiger partial charge in [0.05, 0.1) is 19.8 Å². The van der Waals surface area contributed by atoms with Gasteiger partial charge in [0.2, 0.25) is 0 Å². The molecule has 0 rings (SSSR count). The van der Waals surface area contributed by atoms with Gasteiger partial charge in [-0.3, -0.25) is 18.6 Å². The highest BCUT2D eigenvalue weighted by Crippen LogP contribution is 2.43. The van der Waals surface area contributed by atoms with Crippen LogP contribution < -0.4 is 5.73 Å². The van der Waals surface area contributed by atoms with Crippen molar-refractivity contribution in [1.29, 1.82) is 0 Å². The molecule has 0 amide bonds. The first-order valence-corrected chi connectivity index (χ1v) is 24.2. The van der Waals surface area contributed by atoms with E-state index in [1.165, 1.54) is 109 Å². The molecule has 0 radical (unpaired) electrons. The number of unbranched alkanes of at least 4 members (excludes halogenated alkanes) is 21. The first kappa shape index (κ1) is 54.9. The Balaban J connectivity index is 4.10. The molecule has 0 aliphatic heterocycles. The maximum Gasteiger partial charge on any atom is 0.472 e. The number of hydrogen-bond acceptors (Lipinski definition) is 8. The van der Waals surface area contributed by atoms with Crippen molar-refractivity contribution in [3.8, 4) is 0 Å². The predicted octanol–water partition coefficient (Wildman–Crippen LogP) is 12.6. The fraction of sp³-hybridized carbons (Fsp3) is 0.783. The molecule has 0 aromatic carbocycles. The first-order chi connectivity index (χ1) is 27.7. The zero-order valence-electron chi connectivity index (χ0n) is 36.2. The van der Waals surface area contributed by atoms with Crippen molar-refractivity contribution in [3.05, 3.63) is 48.6 Å². The highest BCUT2D eigenvalue weighted by Gasteiger charge is 2.27. The third kappa shape index (κ3) is 41.9. The minimum absolute atomic E-state index is 0.0160. The van der Waals surface area contributed by atoms with Gasteiger partial charge in [-0.15, -0.1) is 0 Å². The SMILES string of the molecule is CC/C=C\C/C=C\C/C=C\C/C=C\CCCCCCCCCCCCCOCC(COP(=O)(O)OCC(N)C(=O)O)OC(=O)CCCCCCCCCCCCC. The summed E-state index contributed by atoms with van der Waals surface area (Å²) in [5.74, 6) is -1.78. The second-order valence-corrected chi connectivity index (χ2v) is 16.6. The summed E-state index contributed by atoms with van der Waals surface area (Å²) in [6.45, 7) is 3.76. The van der Waals surface area contributed by atoms with Crippen molar-refractivity contribution in [2.45, 2.75) is 206 Å². The fourth-order valence-electron chi connectivity index (χ4n) is 6.12. The number of rotatable bonds is 43. The summed E-state index contributed by atoms with van der Waals surface area (Å²) in [6, 6.07) is -1.47. The molecule has 0 fully saturated rings. The van der Waals surface area contributed by atoms with E-state index in [0.717, 1.165) is 57.8 Å². The number of ether oxygens (including phenoxy) is 2. The molecule has 4 N–H and O–H groups in total. The number of esters is 1. The fourth-order valence-corrected chi connectivity index (χ4v) is 6.90. The van der Waals surface area contributed by atoms with Crippen LogP contribution in [0.1, 0.15) is 194 Å². The van der Waals surface area contributed by atoms with E-state index < -0.39 is 45.1 Å². The Hall–Kier alpha value is -2.07.